The molecule has 0 aromatic heterocycles. The van der Waals surface area contributed by atoms with Crippen LogP contribution in [0.3, 0.4) is 0 Å². The van der Waals surface area contributed by atoms with E-state index in [-0.39, 0.29) is 6.79 Å². The molecule has 0 atom stereocenters. The third kappa shape index (κ3) is 3.12. The van der Waals surface area contributed by atoms with Gasteiger partial charge in [-0.25, -0.2) is 0 Å². The molecule has 4 nitrogen and oxygen atoms in total. The molecule has 1 rings (SSSR count). The first-order valence-electron chi connectivity index (χ1n) is 4.76. The lowest BCUT2D eigenvalue weighted by Crippen LogP contribution is -2.04. The summed E-state index contributed by atoms with van der Waals surface area (Å²) in [5.74, 6) is 0.789. The predicted octanol–water partition coefficient (Wildman–Crippen LogP) is 2.53. The topological polar surface area (TPSA) is 44.8 Å². The van der Waals surface area contributed by atoms with Crippen molar-refractivity contribution in [1.29, 1.82) is 0 Å². The van der Waals surface area contributed by atoms with Crippen molar-refractivity contribution in [3.63, 3.8) is 0 Å². The second-order valence-corrected chi connectivity index (χ2v) is 3.31. The Balaban J connectivity index is 2.92. The number of hydrogen-bond donors (Lipinski definition) is 0. The van der Waals surface area contributed by atoms with Crippen LogP contribution in [0, 0.1) is 0 Å². The van der Waals surface area contributed by atoms with Crippen molar-refractivity contribution in [2.24, 2.45) is 0 Å². The second-order valence-electron chi connectivity index (χ2n) is 2.91. The maximum absolute atomic E-state index is 10.6. The van der Waals surface area contributed by atoms with Crippen molar-refractivity contribution in [3.05, 3.63) is 22.7 Å². The van der Waals surface area contributed by atoms with Crippen LogP contribution in [0.4, 0.5) is 0 Å². The Bertz CT molecular complexity index is 365. The van der Waals surface area contributed by atoms with E-state index in [1.54, 1.807) is 6.07 Å². The lowest BCUT2D eigenvalue weighted by Gasteiger charge is -2.12. The zero-order valence-corrected chi connectivity index (χ0v) is 9.91. The number of aldehydes is 1. The van der Waals surface area contributed by atoms with Gasteiger partial charge in [0.2, 0.25) is 0 Å². The Morgan fingerprint density at radius 1 is 1.44 bits per heavy atom. The first-order chi connectivity index (χ1) is 7.72. The van der Waals surface area contributed by atoms with Crippen LogP contribution < -0.4 is 9.47 Å². The van der Waals surface area contributed by atoms with Crippen molar-refractivity contribution < 1.29 is 19.0 Å². The molecule has 1 aromatic carbocycles. The molecule has 0 fully saturated rings. The van der Waals surface area contributed by atoms with Gasteiger partial charge in [0, 0.05) is 12.2 Å². The Kier molecular flexibility index (Phi) is 5.08. The van der Waals surface area contributed by atoms with Crippen LogP contribution in [0.5, 0.6) is 11.5 Å². The van der Waals surface area contributed by atoms with Crippen LogP contribution in [-0.4, -0.2) is 26.8 Å². The van der Waals surface area contributed by atoms with E-state index in [0.717, 1.165) is 0 Å². The highest BCUT2D eigenvalue weighted by Crippen LogP contribution is 2.35. The van der Waals surface area contributed by atoms with Crippen LogP contribution >= 0.6 is 11.6 Å². The van der Waals surface area contributed by atoms with Crippen LogP contribution in [0.2, 0.25) is 5.02 Å². The molecule has 0 N–H and O–H groups in total. The quantitative estimate of drug-likeness (QED) is 0.438. The van der Waals surface area contributed by atoms with E-state index in [4.69, 9.17) is 25.8 Å². The Labute approximate surface area is 99.1 Å². The van der Waals surface area contributed by atoms with Gasteiger partial charge in [-0.05, 0) is 19.1 Å². The minimum absolute atomic E-state index is 0.0903. The van der Waals surface area contributed by atoms with Gasteiger partial charge >= 0.3 is 0 Å². The fraction of sp³-hybridized carbons (Fsp3) is 0.364. The summed E-state index contributed by atoms with van der Waals surface area (Å²) in [4.78, 5) is 10.6. The number of rotatable bonds is 6. The minimum atomic E-state index is 0.0903. The molecule has 0 saturated carbocycles. The Hall–Kier alpha value is -1.26. The molecule has 0 aliphatic carbocycles. The zero-order chi connectivity index (χ0) is 12.0. The number of carbonyl (C=O) groups excluding carboxylic acids is 1. The van der Waals surface area contributed by atoms with Gasteiger partial charge in [0.1, 0.15) is 6.29 Å². The maximum atomic E-state index is 10.6. The number of hydrogen-bond acceptors (Lipinski definition) is 4. The third-order valence-corrected chi connectivity index (χ3v) is 2.16. The molecule has 88 valence electrons. The third-order valence-electron chi connectivity index (χ3n) is 1.88. The standard InChI is InChI=1S/C11H13ClO4/c1-3-15-7-16-11-9(12)4-8(6-13)5-10(11)14-2/h4-6H,3,7H2,1-2H3. The molecule has 5 heteroatoms. The zero-order valence-electron chi connectivity index (χ0n) is 9.16. The van der Waals surface area contributed by atoms with Gasteiger partial charge < -0.3 is 14.2 Å². The first kappa shape index (κ1) is 12.8. The van der Waals surface area contributed by atoms with Crippen molar-refractivity contribution in [2.75, 3.05) is 20.5 Å². The van der Waals surface area contributed by atoms with Crippen molar-refractivity contribution in [1.82, 2.24) is 0 Å². The SMILES string of the molecule is CCOCOc1c(Cl)cc(C=O)cc1OC. The van der Waals surface area contributed by atoms with Crippen LogP contribution in [0.25, 0.3) is 0 Å². The van der Waals surface area contributed by atoms with Crippen molar-refractivity contribution in [3.8, 4) is 11.5 Å². The highest BCUT2D eigenvalue weighted by atomic mass is 35.5. The Morgan fingerprint density at radius 2 is 2.19 bits per heavy atom. The van der Waals surface area contributed by atoms with Gasteiger partial charge in [0.25, 0.3) is 0 Å². The Morgan fingerprint density at radius 3 is 2.75 bits per heavy atom. The summed E-state index contributed by atoms with van der Waals surface area (Å²) in [6, 6.07) is 3.07. The molecule has 0 amide bonds. The smallest absolute Gasteiger partial charge is 0.189 e. The summed E-state index contributed by atoms with van der Waals surface area (Å²) >= 11 is 5.95. The average molecular weight is 245 g/mol. The van der Waals surface area contributed by atoms with E-state index < -0.39 is 0 Å². The summed E-state index contributed by atoms with van der Waals surface area (Å²) in [6.07, 6.45) is 0.695. The minimum Gasteiger partial charge on any atom is -0.493 e. The lowest BCUT2D eigenvalue weighted by molar-refractivity contribution is 0.0209. The molecule has 0 aliphatic rings. The number of halogens is 1. The highest BCUT2D eigenvalue weighted by molar-refractivity contribution is 6.32. The summed E-state index contributed by atoms with van der Waals surface area (Å²) in [6.45, 7) is 2.50. The molecule has 0 radical (unpaired) electrons. The molecule has 0 spiro atoms. The van der Waals surface area contributed by atoms with Gasteiger partial charge in [0.15, 0.2) is 18.3 Å². The average Bonchev–Trinajstić information content (AvgIpc) is 2.30. The summed E-state index contributed by atoms with van der Waals surface area (Å²) in [5.41, 5.74) is 0.436. The lowest BCUT2D eigenvalue weighted by atomic mass is 10.2. The molecule has 0 unspecified atom stereocenters. The number of methoxy groups -OCH3 is 1. The number of benzene rings is 1. The van der Waals surface area contributed by atoms with Gasteiger partial charge in [-0.15, -0.1) is 0 Å². The van der Waals surface area contributed by atoms with Gasteiger partial charge in [-0.3, -0.25) is 4.79 Å². The van der Waals surface area contributed by atoms with E-state index in [1.165, 1.54) is 13.2 Å². The number of ether oxygens (including phenoxy) is 3. The molecule has 1 aromatic rings. The van der Waals surface area contributed by atoms with E-state index in [1.807, 2.05) is 6.92 Å². The van der Waals surface area contributed by atoms with Crippen molar-refractivity contribution in [2.45, 2.75) is 6.92 Å². The monoisotopic (exact) mass is 244 g/mol. The van der Waals surface area contributed by atoms with Crippen LogP contribution in [0.15, 0.2) is 12.1 Å². The molecule has 0 saturated heterocycles. The predicted molar refractivity (Wildman–Crippen MR) is 60.5 cm³/mol. The summed E-state index contributed by atoms with van der Waals surface area (Å²) in [5, 5.41) is 0.321. The first-order valence-corrected chi connectivity index (χ1v) is 5.14. The van der Waals surface area contributed by atoms with Gasteiger partial charge in [-0.1, -0.05) is 11.6 Å². The molecule has 0 heterocycles. The fourth-order valence-corrected chi connectivity index (χ4v) is 1.41. The maximum Gasteiger partial charge on any atom is 0.189 e. The van der Waals surface area contributed by atoms with Crippen molar-refractivity contribution >= 4 is 17.9 Å². The van der Waals surface area contributed by atoms with Gasteiger partial charge in [0.05, 0.1) is 12.1 Å². The van der Waals surface area contributed by atoms with Crippen LogP contribution in [-0.2, 0) is 4.74 Å². The summed E-state index contributed by atoms with van der Waals surface area (Å²) in [7, 11) is 1.48. The van der Waals surface area contributed by atoms with Crippen LogP contribution in [0.1, 0.15) is 17.3 Å². The summed E-state index contributed by atoms with van der Waals surface area (Å²) < 4.78 is 15.4. The molecule has 0 bridgehead atoms. The second kappa shape index (κ2) is 6.35. The van der Waals surface area contributed by atoms with E-state index in [9.17, 15) is 4.79 Å². The number of carbonyl (C=O) groups is 1. The van der Waals surface area contributed by atoms with E-state index >= 15 is 0 Å². The fourth-order valence-electron chi connectivity index (χ4n) is 1.13. The highest BCUT2D eigenvalue weighted by Gasteiger charge is 2.11. The normalized spacial score (nSPS) is 9.94. The largest absolute Gasteiger partial charge is 0.493 e. The van der Waals surface area contributed by atoms with E-state index in [2.05, 4.69) is 0 Å². The van der Waals surface area contributed by atoms with E-state index in [0.29, 0.717) is 35.0 Å². The molecular weight excluding hydrogens is 232 g/mol. The van der Waals surface area contributed by atoms with Gasteiger partial charge in [-0.2, -0.15) is 0 Å². The molecular formula is C11H13ClO4. The molecule has 0 aliphatic heterocycles. The molecule has 16 heavy (non-hydrogen) atoms.